The normalized spacial score (nSPS) is 12.5. The van der Waals surface area contributed by atoms with Crippen molar-refractivity contribution in [1.82, 2.24) is 0 Å². The molecule has 0 aliphatic carbocycles. The van der Waals surface area contributed by atoms with Crippen molar-refractivity contribution >= 4 is 41.0 Å². The van der Waals surface area contributed by atoms with Gasteiger partial charge < -0.3 is 0 Å². The number of aliphatic imine (C=N–C) groups is 1. The molecule has 0 N–H and O–H groups in total. The number of halogens is 3. The van der Waals surface area contributed by atoms with E-state index in [1.54, 1.807) is 6.07 Å². The molecule has 0 aromatic heterocycles. The van der Waals surface area contributed by atoms with E-state index in [1.807, 2.05) is 49.5 Å². The maximum atomic E-state index is 6.29. The van der Waals surface area contributed by atoms with Gasteiger partial charge >= 0.3 is 0 Å². The lowest BCUT2D eigenvalue weighted by atomic mass is 10.0. The van der Waals surface area contributed by atoms with E-state index in [0.29, 0.717) is 15.1 Å². The Bertz CT molecular complexity index is 904. The molecule has 0 saturated carbocycles. The first-order valence-corrected chi connectivity index (χ1v) is 9.01. The molecule has 0 heterocycles. The van der Waals surface area contributed by atoms with Crippen LogP contribution in [0.3, 0.4) is 0 Å². The van der Waals surface area contributed by atoms with Gasteiger partial charge in [-0.3, -0.25) is 4.99 Å². The van der Waals surface area contributed by atoms with Crippen LogP contribution in [0.25, 0.3) is 11.1 Å². The van der Waals surface area contributed by atoms with Crippen LogP contribution in [0.15, 0.2) is 71.7 Å². The van der Waals surface area contributed by atoms with E-state index < -0.39 is 0 Å². The number of benzene rings is 3. The molecule has 3 aromatic rings. The van der Waals surface area contributed by atoms with E-state index in [1.165, 1.54) is 5.56 Å². The van der Waals surface area contributed by atoms with E-state index >= 15 is 0 Å². The molecular weight excluding hydrogens is 373 g/mol. The minimum Gasteiger partial charge on any atom is -0.285 e. The third kappa shape index (κ3) is 4.24. The fourth-order valence-corrected chi connectivity index (χ4v) is 3.27. The second-order valence-corrected chi connectivity index (χ2v) is 6.87. The summed E-state index contributed by atoms with van der Waals surface area (Å²) in [6.45, 7) is 1.98. The molecule has 1 atom stereocenters. The van der Waals surface area contributed by atoms with Crippen molar-refractivity contribution in [3.8, 4) is 11.1 Å². The van der Waals surface area contributed by atoms with Gasteiger partial charge in [-0.2, -0.15) is 0 Å². The highest BCUT2D eigenvalue weighted by Gasteiger charge is 2.13. The summed E-state index contributed by atoms with van der Waals surface area (Å²) in [7, 11) is 0. The zero-order valence-electron chi connectivity index (χ0n) is 13.6. The molecule has 0 aliphatic rings. The van der Waals surface area contributed by atoms with Crippen LogP contribution >= 0.6 is 34.8 Å². The molecule has 0 bridgehead atoms. The fourth-order valence-electron chi connectivity index (χ4n) is 2.57. The fraction of sp³-hybridized carbons (Fsp3) is 0.0952. The summed E-state index contributed by atoms with van der Waals surface area (Å²) in [4.78, 5) is 4.62. The maximum Gasteiger partial charge on any atom is 0.0782 e. The van der Waals surface area contributed by atoms with E-state index in [-0.39, 0.29) is 6.04 Å². The zero-order valence-corrected chi connectivity index (χ0v) is 15.9. The van der Waals surface area contributed by atoms with Crippen LogP contribution in [-0.2, 0) is 0 Å². The molecule has 0 spiro atoms. The molecule has 0 aliphatic heterocycles. The second-order valence-electron chi connectivity index (χ2n) is 5.71. The van der Waals surface area contributed by atoms with Crippen LogP contribution in [0.2, 0.25) is 15.1 Å². The monoisotopic (exact) mass is 387 g/mol. The van der Waals surface area contributed by atoms with E-state index in [2.05, 4.69) is 29.3 Å². The van der Waals surface area contributed by atoms with Crippen LogP contribution in [0, 0.1) is 0 Å². The van der Waals surface area contributed by atoms with Crippen LogP contribution < -0.4 is 0 Å². The minimum absolute atomic E-state index is 0.123. The molecule has 0 saturated heterocycles. The largest absolute Gasteiger partial charge is 0.285 e. The van der Waals surface area contributed by atoms with Crippen LogP contribution in [-0.4, -0.2) is 6.21 Å². The molecule has 0 amide bonds. The summed E-state index contributed by atoms with van der Waals surface area (Å²) >= 11 is 18.4. The van der Waals surface area contributed by atoms with Gasteiger partial charge in [0.1, 0.15) is 0 Å². The Hall–Kier alpha value is -1.80. The Labute approximate surface area is 162 Å². The first-order valence-electron chi connectivity index (χ1n) is 7.88. The first kappa shape index (κ1) is 18.0. The molecule has 0 radical (unpaired) electrons. The Balaban J connectivity index is 1.84. The highest BCUT2D eigenvalue weighted by atomic mass is 35.5. The molecule has 3 rings (SSSR count). The zero-order chi connectivity index (χ0) is 17.8. The summed E-state index contributed by atoms with van der Waals surface area (Å²) < 4.78 is 0. The Morgan fingerprint density at radius 2 is 1.52 bits per heavy atom. The smallest absolute Gasteiger partial charge is 0.0782 e. The second kappa shape index (κ2) is 8.05. The lowest BCUT2D eigenvalue weighted by Crippen LogP contribution is -1.94. The van der Waals surface area contributed by atoms with Crippen molar-refractivity contribution < 1.29 is 0 Å². The van der Waals surface area contributed by atoms with Crippen LogP contribution in [0.1, 0.15) is 24.1 Å². The lowest BCUT2D eigenvalue weighted by Gasteiger charge is -2.11. The highest BCUT2D eigenvalue weighted by Crippen LogP contribution is 2.36. The molecule has 4 heteroatoms. The first-order chi connectivity index (χ1) is 12.1. The summed E-state index contributed by atoms with van der Waals surface area (Å²) in [6.07, 6.45) is 1.86. The van der Waals surface area contributed by atoms with Crippen molar-refractivity contribution in [2.45, 2.75) is 13.0 Å². The summed E-state index contributed by atoms with van der Waals surface area (Å²) in [5.74, 6) is 0. The van der Waals surface area contributed by atoms with Crippen molar-refractivity contribution in [3.05, 3.63) is 92.9 Å². The number of nitrogens with zero attached hydrogens (tertiary/aromatic N) is 1. The van der Waals surface area contributed by atoms with Gasteiger partial charge in [-0.25, -0.2) is 0 Å². The van der Waals surface area contributed by atoms with Crippen LogP contribution in [0.4, 0.5) is 0 Å². The Kier molecular flexibility index (Phi) is 5.80. The van der Waals surface area contributed by atoms with Crippen molar-refractivity contribution in [3.63, 3.8) is 0 Å². The van der Waals surface area contributed by atoms with Crippen molar-refractivity contribution in [1.29, 1.82) is 0 Å². The standard InChI is InChI=1S/C21H16Cl3N/c1-14(18-10-11-19(22)21(24)20(18)23)25-13-15-6-5-9-17(12-15)16-7-3-2-4-8-16/h2-14H,1H3. The third-order valence-electron chi connectivity index (χ3n) is 3.96. The SMILES string of the molecule is CC(N=Cc1cccc(-c2ccccc2)c1)c1ccc(Cl)c(Cl)c1Cl. The van der Waals surface area contributed by atoms with Gasteiger partial charge in [0.15, 0.2) is 0 Å². The predicted molar refractivity (Wildman–Crippen MR) is 109 cm³/mol. The van der Waals surface area contributed by atoms with Gasteiger partial charge in [-0.05, 0) is 41.3 Å². The van der Waals surface area contributed by atoms with Gasteiger partial charge in [0.2, 0.25) is 0 Å². The number of rotatable bonds is 4. The average molecular weight is 389 g/mol. The molecule has 3 aromatic carbocycles. The molecule has 1 unspecified atom stereocenters. The number of hydrogen-bond acceptors (Lipinski definition) is 1. The van der Waals surface area contributed by atoms with Gasteiger partial charge in [0.25, 0.3) is 0 Å². The number of hydrogen-bond donors (Lipinski definition) is 0. The van der Waals surface area contributed by atoms with Gasteiger partial charge in [0.05, 0.1) is 21.1 Å². The maximum absolute atomic E-state index is 6.29. The van der Waals surface area contributed by atoms with Crippen molar-refractivity contribution in [2.75, 3.05) is 0 Å². The summed E-state index contributed by atoms with van der Waals surface area (Å²) in [6, 6.07) is 22.0. The lowest BCUT2D eigenvalue weighted by molar-refractivity contribution is 0.825. The third-order valence-corrected chi connectivity index (χ3v) is 5.26. The predicted octanol–water partition coefficient (Wildman–Crippen LogP) is 7.49. The van der Waals surface area contributed by atoms with Gasteiger partial charge in [-0.1, -0.05) is 89.4 Å². The molecule has 0 fully saturated rings. The van der Waals surface area contributed by atoms with Gasteiger partial charge in [-0.15, -0.1) is 0 Å². The molecule has 126 valence electrons. The van der Waals surface area contributed by atoms with Crippen LogP contribution in [0.5, 0.6) is 0 Å². The van der Waals surface area contributed by atoms with E-state index in [0.717, 1.165) is 16.7 Å². The quantitative estimate of drug-likeness (QED) is 0.324. The Morgan fingerprint density at radius 3 is 2.28 bits per heavy atom. The summed E-state index contributed by atoms with van der Waals surface area (Å²) in [5.41, 5.74) is 4.22. The van der Waals surface area contributed by atoms with Crippen molar-refractivity contribution in [2.24, 2.45) is 4.99 Å². The topological polar surface area (TPSA) is 12.4 Å². The molecule has 25 heavy (non-hydrogen) atoms. The van der Waals surface area contributed by atoms with E-state index in [4.69, 9.17) is 34.8 Å². The van der Waals surface area contributed by atoms with Gasteiger partial charge in [0, 0.05) is 6.21 Å². The Morgan fingerprint density at radius 1 is 0.800 bits per heavy atom. The molecule has 1 nitrogen and oxygen atoms in total. The highest BCUT2D eigenvalue weighted by molar-refractivity contribution is 6.48. The summed E-state index contributed by atoms with van der Waals surface area (Å²) in [5, 5.41) is 1.27. The van der Waals surface area contributed by atoms with E-state index in [9.17, 15) is 0 Å². The average Bonchev–Trinajstić information content (AvgIpc) is 2.65. The molecular formula is C21H16Cl3N. The minimum atomic E-state index is -0.123.